The molecule has 0 aliphatic heterocycles. The Morgan fingerprint density at radius 2 is 1.87 bits per heavy atom. The van der Waals surface area contributed by atoms with Crippen LogP contribution < -0.4 is 0 Å². The van der Waals surface area contributed by atoms with Crippen LogP contribution in [0.25, 0.3) is 0 Å². The van der Waals surface area contributed by atoms with Crippen LogP contribution in [-0.4, -0.2) is 19.0 Å². The summed E-state index contributed by atoms with van der Waals surface area (Å²) in [5.41, 5.74) is 0.173. The van der Waals surface area contributed by atoms with Gasteiger partial charge < -0.3 is 4.74 Å². The van der Waals surface area contributed by atoms with Crippen molar-refractivity contribution in [3.63, 3.8) is 0 Å². The lowest BCUT2D eigenvalue weighted by molar-refractivity contribution is -0.168. The van der Waals surface area contributed by atoms with Gasteiger partial charge in [0.05, 0.1) is 7.11 Å². The minimum Gasteiger partial charge on any atom is -0.465 e. The van der Waals surface area contributed by atoms with E-state index in [1.807, 2.05) is 0 Å². The van der Waals surface area contributed by atoms with E-state index in [0.29, 0.717) is 0 Å². The molecule has 0 saturated heterocycles. The van der Waals surface area contributed by atoms with E-state index in [4.69, 9.17) is 0 Å². The van der Waals surface area contributed by atoms with Crippen LogP contribution >= 0.6 is 0 Å². The maximum atomic E-state index is 13.0. The van der Waals surface area contributed by atoms with E-state index in [2.05, 4.69) is 4.74 Å². The summed E-state index contributed by atoms with van der Waals surface area (Å²) in [7, 11) is 0.890. The van der Waals surface area contributed by atoms with Gasteiger partial charge in [0.15, 0.2) is 0 Å². The zero-order valence-electron chi connectivity index (χ0n) is 7.97. The van der Waals surface area contributed by atoms with Crippen LogP contribution in [0.3, 0.4) is 0 Å². The molecule has 0 atom stereocenters. The highest BCUT2D eigenvalue weighted by atomic mass is 19.3. The number of hydrogen-bond acceptors (Lipinski definition) is 2. The predicted molar refractivity (Wildman–Crippen MR) is 47.1 cm³/mol. The van der Waals surface area contributed by atoms with E-state index in [1.54, 1.807) is 0 Å². The maximum absolute atomic E-state index is 13.0. The summed E-state index contributed by atoms with van der Waals surface area (Å²) in [4.78, 5) is 10.7. The van der Waals surface area contributed by atoms with Gasteiger partial charge in [-0.15, -0.1) is 0 Å². The molecular formula is C10H9F3O2. The fourth-order valence-electron chi connectivity index (χ4n) is 1.08. The van der Waals surface area contributed by atoms with Gasteiger partial charge in [-0.1, -0.05) is 12.1 Å². The highest BCUT2D eigenvalue weighted by Crippen LogP contribution is 2.21. The first-order valence-electron chi connectivity index (χ1n) is 4.16. The Kier molecular flexibility index (Phi) is 3.34. The Balaban J connectivity index is 2.77. The van der Waals surface area contributed by atoms with Gasteiger partial charge >= 0.3 is 11.9 Å². The van der Waals surface area contributed by atoms with Gasteiger partial charge in [-0.2, -0.15) is 8.78 Å². The number of carbonyl (C=O) groups excluding carboxylic acids is 1. The molecular weight excluding hydrogens is 209 g/mol. The van der Waals surface area contributed by atoms with Crippen molar-refractivity contribution in [2.24, 2.45) is 0 Å². The summed E-state index contributed by atoms with van der Waals surface area (Å²) < 4.78 is 42.5. The molecule has 0 aliphatic rings. The summed E-state index contributed by atoms with van der Waals surface area (Å²) in [6.45, 7) is 0. The van der Waals surface area contributed by atoms with Crippen LogP contribution in [0.15, 0.2) is 24.3 Å². The van der Waals surface area contributed by atoms with E-state index in [-0.39, 0.29) is 5.56 Å². The monoisotopic (exact) mass is 218 g/mol. The number of hydrogen-bond donors (Lipinski definition) is 0. The Labute approximate surface area is 84.7 Å². The molecule has 0 bridgehead atoms. The zero-order chi connectivity index (χ0) is 11.5. The van der Waals surface area contributed by atoms with Crippen molar-refractivity contribution < 1.29 is 22.7 Å². The summed E-state index contributed by atoms with van der Waals surface area (Å²) >= 11 is 0. The van der Waals surface area contributed by atoms with Gasteiger partial charge in [-0.3, -0.25) is 0 Å². The van der Waals surface area contributed by atoms with Crippen molar-refractivity contribution in [3.05, 3.63) is 35.6 Å². The number of benzene rings is 1. The smallest absolute Gasteiger partial charge is 0.377 e. The third-order valence-corrected chi connectivity index (χ3v) is 1.82. The molecule has 0 spiro atoms. The molecule has 0 fully saturated rings. The third kappa shape index (κ3) is 2.97. The quantitative estimate of drug-likeness (QED) is 0.727. The largest absolute Gasteiger partial charge is 0.465 e. The molecule has 0 N–H and O–H groups in total. The summed E-state index contributed by atoms with van der Waals surface area (Å²) in [5.74, 6) is -5.68. The molecule has 0 heterocycles. The lowest BCUT2D eigenvalue weighted by Gasteiger charge is -2.13. The average molecular weight is 218 g/mol. The van der Waals surface area contributed by atoms with Crippen LogP contribution in [0.5, 0.6) is 0 Å². The van der Waals surface area contributed by atoms with E-state index in [9.17, 15) is 18.0 Å². The zero-order valence-corrected chi connectivity index (χ0v) is 7.97. The van der Waals surface area contributed by atoms with Crippen molar-refractivity contribution in [1.82, 2.24) is 0 Å². The Morgan fingerprint density at radius 3 is 2.33 bits per heavy atom. The molecule has 0 aromatic heterocycles. The van der Waals surface area contributed by atoms with Gasteiger partial charge in [0.1, 0.15) is 5.82 Å². The summed E-state index contributed by atoms with van der Waals surface area (Å²) in [6.07, 6.45) is -0.792. The van der Waals surface area contributed by atoms with Gasteiger partial charge in [-0.25, -0.2) is 9.18 Å². The number of esters is 1. The summed E-state index contributed by atoms with van der Waals surface area (Å²) in [6, 6.07) is 4.52. The molecule has 0 saturated carbocycles. The number of carbonyl (C=O) groups is 1. The fraction of sp³-hybridized carbons (Fsp3) is 0.300. The van der Waals surface area contributed by atoms with E-state index in [0.717, 1.165) is 19.2 Å². The van der Waals surface area contributed by atoms with Crippen molar-refractivity contribution in [2.75, 3.05) is 7.11 Å². The standard InChI is InChI=1S/C10H9F3O2/c1-15-9(14)10(12,13)6-7-2-4-8(11)5-3-7/h2-5H,6H2,1H3. The van der Waals surface area contributed by atoms with Crippen molar-refractivity contribution in [3.8, 4) is 0 Å². The third-order valence-electron chi connectivity index (χ3n) is 1.82. The molecule has 0 radical (unpaired) electrons. The van der Waals surface area contributed by atoms with Crippen LogP contribution in [0, 0.1) is 5.82 Å². The number of halogens is 3. The molecule has 1 aromatic rings. The summed E-state index contributed by atoms with van der Waals surface area (Å²) in [5, 5.41) is 0. The average Bonchev–Trinajstić information content (AvgIpc) is 2.20. The van der Waals surface area contributed by atoms with Crippen LogP contribution in [0.2, 0.25) is 0 Å². The fourth-order valence-corrected chi connectivity index (χ4v) is 1.08. The molecule has 1 rings (SSSR count). The van der Waals surface area contributed by atoms with Crippen LogP contribution in [0.1, 0.15) is 5.56 Å². The number of alkyl halides is 2. The Hall–Kier alpha value is -1.52. The molecule has 0 amide bonds. The van der Waals surface area contributed by atoms with E-state index >= 15 is 0 Å². The van der Waals surface area contributed by atoms with E-state index < -0.39 is 24.1 Å². The molecule has 0 aliphatic carbocycles. The maximum Gasteiger partial charge on any atom is 0.377 e. The van der Waals surface area contributed by atoms with Crippen LogP contribution in [0.4, 0.5) is 13.2 Å². The first-order valence-corrected chi connectivity index (χ1v) is 4.16. The second-order valence-electron chi connectivity index (χ2n) is 3.00. The molecule has 1 aromatic carbocycles. The highest BCUT2D eigenvalue weighted by Gasteiger charge is 2.40. The number of rotatable bonds is 3. The lowest BCUT2D eigenvalue weighted by atomic mass is 10.1. The first-order chi connectivity index (χ1) is 6.95. The highest BCUT2D eigenvalue weighted by molar-refractivity contribution is 5.77. The molecule has 0 unspecified atom stereocenters. The topological polar surface area (TPSA) is 26.3 Å². The SMILES string of the molecule is COC(=O)C(F)(F)Cc1ccc(F)cc1. The Morgan fingerprint density at radius 1 is 1.33 bits per heavy atom. The van der Waals surface area contributed by atoms with Crippen molar-refractivity contribution in [2.45, 2.75) is 12.3 Å². The second kappa shape index (κ2) is 4.33. The second-order valence-corrected chi connectivity index (χ2v) is 3.00. The van der Waals surface area contributed by atoms with Gasteiger partial charge in [-0.05, 0) is 17.7 Å². The molecule has 2 nitrogen and oxygen atoms in total. The molecule has 82 valence electrons. The Bertz CT molecular complexity index is 346. The van der Waals surface area contributed by atoms with Gasteiger partial charge in [0, 0.05) is 6.42 Å². The van der Waals surface area contributed by atoms with Crippen molar-refractivity contribution in [1.29, 1.82) is 0 Å². The normalized spacial score (nSPS) is 11.2. The molecule has 15 heavy (non-hydrogen) atoms. The first kappa shape index (κ1) is 11.6. The lowest BCUT2D eigenvalue weighted by Crippen LogP contribution is -2.32. The van der Waals surface area contributed by atoms with Gasteiger partial charge in [0.2, 0.25) is 0 Å². The van der Waals surface area contributed by atoms with Crippen molar-refractivity contribution >= 4 is 5.97 Å². The van der Waals surface area contributed by atoms with Crippen LogP contribution in [-0.2, 0) is 16.0 Å². The predicted octanol–water partition coefficient (Wildman–Crippen LogP) is 2.18. The van der Waals surface area contributed by atoms with Gasteiger partial charge in [0.25, 0.3) is 0 Å². The molecule has 5 heteroatoms. The number of methoxy groups -OCH3 is 1. The number of ether oxygens (including phenoxy) is 1. The van der Waals surface area contributed by atoms with E-state index in [1.165, 1.54) is 12.1 Å². The minimum absolute atomic E-state index is 0.173. The minimum atomic E-state index is -3.58.